The van der Waals surface area contributed by atoms with E-state index in [2.05, 4.69) is 15.4 Å². The van der Waals surface area contributed by atoms with Crippen LogP contribution in [0.4, 0.5) is 16.0 Å². The van der Waals surface area contributed by atoms with Gasteiger partial charge in [0.2, 0.25) is 5.95 Å². The fraction of sp³-hybridized carbons (Fsp3) is 0.212. The zero-order valence-electron chi connectivity index (χ0n) is 24.0. The molecule has 2 heterocycles. The van der Waals surface area contributed by atoms with E-state index in [4.69, 9.17) is 9.84 Å². The molecule has 0 unspecified atom stereocenters. The maximum Gasteiger partial charge on any atom is 0.253 e. The number of amides is 1. The second-order valence-electron chi connectivity index (χ2n) is 10.1. The number of anilines is 2. The zero-order valence-corrected chi connectivity index (χ0v) is 24.0. The molecule has 0 spiro atoms. The molecule has 2 N–H and O–H groups in total. The van der Waals surface area contributed by atoms with Gasteiger partial charge in [-0.2, -0.15) is 4.98 Å². The number of fused-ring (bicyclic) bond motifs is 1. The highest BCUT2D eigenvalue weighted by atomic mass is 19.1. The number of carbonyl (C=O) groups is 2. The Labute approximate surface area is 248 Å². The molecule has 5 rings (SSSR count). The first kappa shape index (κ1) is 29.4. The van der Waals surface area contributed by atoms with Crippen LogP contribution in [0.25, 0.3) is 16.8 Å². The third kappa shape index (κ3) is 7.22. The number of aliphatic hydroxyl groups is 1. The summed E-state index contributed by atoms with van der Waals surface area (Å²) in [6, 6.07) is 22.7. The van der Waals surface area contributed by atoms with Crippen molar-refractivity contribution in [3.63, 3.8) is 0 Å². The van der Waals surface area contributed by atoms with Crippen LogP contribution in [0.5, 0.6) is 5.75 Å². The Bertz CT molecular complexity index is 1740. The molecule has 5 aromatic rings. The molecule has 0 aliphatic carbocycles. The van der Waals surface area contributed by atoms with E-state index >= 15 is 0 Å². The van der Waals surface area contributed by atoms with Gasteiger partial charge in [0.1, 0.15) is 17.3 Å². The van der Waals surface area contributed by atoms with E-state index in [9.17, 15) is 14.0 Å². The van der Waals surface area contributed by atoms with Crippen LogP contribution in [0.15, 0.2) is 85.1 Å². The van der Waals surface area contributed by atoms with Gasteiger partial charge < -0.3 is 20.1 Å². The Balaban J connectivity index is 1.28. The highest BCUT2D eigenvalue weighted by molar-refractivity contribution is 5.95. The Kier molecular flexibility index (Phi) is 9.07. The number of aliphatic hydroxyl groups excluding tert-OH is 1. The van der Waals surface area contributed by atoms with Gasteiger partial charge >= 0.3 is 0 Å². The monoisotopic (exact) mass is 581 g/mol. The molecule has 0 aliphatic rings. The molecule has 0 aliphatic heterocycles. The molecule has 9 nitrogen and oxygen atoms in total. The molecule has 0 radical (unpaired) electrons. The van der Waals surface area contributed by atoms with Gasteiger partial charge in [0.05, 0.1) is 18.9 Å². The van der Waals surface area contributed by atoms with Crippen LogP contribution in [-0.2, 0) is 17.6 Å². The first-order valence-electron chi connectivity index (χ1n) is 13.9. The summed E-state index contributed by atoms with van der Waals surface area (Å²) in [7, 11) is 1.63. The van der Waals surface area contributed by atoms with Crippen molar-refractivity contribution >= 4 is 29.0 Å². The highest BCUT2D eigenvalue weighted by Gasteiger charge is 2.16. The van der Waals surface area contributed by atoms with Crippen LogP contribution in [-0.4, -0.2) is 63.1 Å². The summed E-state index contributed by atoms with van der Waals surface area (Å²) < 4.78 is 20.6. The molecular formula is C33H32FN5O4. The van der Waals surface area contributed by atoms with Crippen LogP contribution >= 0.6 is 0 Å². The molecule has 0 saturated carbocycles. The number of hydrogen-bond acceptors (Lipinski definition) is 7. The molecule has 220 valence electrons. The number of likely N-dealkylation sites (N-methyl/N-ethyl adjacent to an activating group) is 1. The van der Waals surface area contributed by atoms with Gasteiger partial charge in [-0.05, 0) is 66.1 Å². The lowest BCUT2D eigenvalue weighted by molar-refractivity contribution is -0.117. The molecule has 2 aromatic heterocycles. The second-order valence-corrected chi connectivity index (χ2v) is 10.1. The molecule has 0 saturated heterocycles. The van der Waals surface area contributed by atoms with Gasteiger partial charge in [-0.15, -0.1) is 5.10 Å². The van der Waals surface area contributed by atoms with E-state index in [1.807, 2.05) is 49.5 Å². The van der Waals surface area contributed by atoms with Crippen molar-refractivity contribution in [3.8, 4) is 16.9 Å². The smallest absolute Gasteiger partial charge is 0.253 e. The number of halogens is 1. The van der Waals surface area contributed by atoms with E-state index in [-0.39, 0.29) is 37.1 Å². The van der Waals surface area contributed by atoms with Crippen molar-refractivity contribution < 1.29 is 23.8 Å². The van der Waals surface area contributed by atoms with Crippen LogP contribution in [0.1, 0.15) is 28.4 Å². The third-order valence-electron chi connectivity index (χ3n) is 6.89. The topological polar surface area (TPSA) is 109 Å². The number of carbonyl (C=O) groups excluding carboxylic acids is 2. The summed E-state index contributed by atoms with van der Waals surface area (Å²) in [6.07, 6.45) is 2.44. The van der Waals surface area contributed by atoms with Crippen LogP contribution in [0.3, 0.4) is 0 Å². The summed E-state index contributed by atoms with van der Waals surface area (Å²) in [5, 5.41) is 16.9. The lowest BCUT2D eigenvalue weighted by Crippen LogP contribution is -2.29. The summed E-state index contributed by atoms with van der Waals surface area (Å²) in [6.45, 7) is 2.38. The van der Waals surface area contributed by atoms with Gasteiger partial charge in [-0.25, -0.2) is 8.91 Å². The average Bonchev–Trinajstić information content (AvgIpc) is 3.41. The summed E-state index contributed by atoms with van der Waals surface area (Å²) >= 11 is 0. The number of nitrogens with zero attached hydrogens (tertiary/aromatic N) is 4. The minimum atomic E-state index is -0.317. The average molecular weight is 582 g/mol. The van der Waals surface area contributed by atoms with Crippen molar-refractivity contribution in [1.82, 2.24) is 19.5 Å². The second kappa shape index (κ2) is 13.3. The first-order valence-corrected chi connectivity index (χ1v) is 13.9. The SMILES string of the molecule is CCOc1cc(C(=O)N(C)CCO)ccc1Nc1nc2ccc(-c3ccc(CC(=O)Cc4ccc(F)cc4)cc3)cn2n1. The fourth-order valence-corrected chi connectivity index (χ4v) is 4.67. The van der Waals surface area contributed by atoms with Crippen molar-refractivity contribution in [3.05, 3.63) is 108 Å². The number of benzene rings is 3. The van der Waals surface area contributed by atoms with Crippen molar-refractivity contribution in [2.24, 2.45) is 0 Å². The predicted molar refractivity (Wildman–Crippen MR) is 162 cm³/mol. The zero-order chi connectivity index (χ0) is 30.3. The maximum absolute atomic E-state index is 13.1. The van der Waals surface area contributed by atoms with Crippen molar-refractivity contribution in [1.29, 1.82) is 0 Å². The molecular weight excluding hydrogens is 549 g/mol. The van der Waals surface area contributed by atoms with E-state index in [1.165, 1.54) is 17.0 Å². The van der Waals surface area contributed by atoms with Gasteiger partial charge in [-0.1, -0.05) is 36.4 Å². The summed E-state index contributed by atoms with van der Waals surface area (Å²) in [5.41, 5.74) is 5.29. The van der Waals surface area contributed by atoms with Gasteiger partial charge in [0, 0.05) is 43.8 Å². The molecule has 0 bridgehead atoms. The van der Waals surface area contributed by atoms with E-state index in [1.54, 1.807) is 41.9 Å². The quantitative estimate of drug-likeness (QED) is 0.211. The molecule has 1 amide bonds. The molecule has 43 heavy (non-hydrogen) atoms. The normalized spacial score (nSPS) is 11.0. The third-order valence-corrected chi connectivity index (χ3v) is 6.89. The van der Waals surface area contributed by atoms with Crippen LogP contribution in [0, 0.1) is 5.82 Å². The van der Waals surface area contributed by atoms with Gasteiger partial charge in [0.15, 0.2) is 5.65 Å². The van der Waals surface area contributed by atoms with Crippen molar-refractivity contribution in [2.75, 3.05) is 32.1 Å². The van der Waals surface area contributed by atoms with E-state index in [0.717, 1.165) is 22.3 Å². The summed E-state index contributed by atoms with van der Waals surface area (Å²) in [5.74, 6) is 0.379. The number of hydrogen-bond donors (Lipinski definition) is 2. The maximum atomic E-state index is 13.1. The lowest BCUT2D eigenvalue weighted by Gasteiger charge is -2.17. The van der Waals surface area contributed by atoms with Crippen LogP contribution in [0.2, 0.25) is 0 Å². The van der Waals surface area contributed by atoms with E-state index < -0.39 is 0 Å². The van der Waals surface area contributed by atoms with Crippen molar-refractivity contribution in [2.45, 2.75) is 19.8 Å². The highest BCUT2D eigenvalue weighted by Crippen LogP contribution is 2.29. The Morgan fingerprint density at radius 1 is 0.953 bits per heavy atom. The fourth-order valence-electron chi connectivity index (χ4n) is 4.67. The minimum Gasteiger partial charge on any atom is -0.492 e. The number of aromatic nitrogens is 3. The standard InChI is InChI=1S/C33H32FN5O4/c1-3-43-30-20-25(32(42)38(2)16-17-40)10-14-29(30)35-33-36-31-15-11-26(21-39(31)37-33)24-8-4-22(5-9-24)18-28(41)19-23-6-12-27(34)13-7-23/h4-15,20-21,40H,3,16-19H2,1-2H3,(H,35,37). The van der Waals surface area contributed by atoms with E-state index in [0.29, 0.717) is 41.6 Å². The Morgan fingerprint density at radius 3 is 2.30 bits per heavy atom. The number of Topliss-reactive ketones (excluding diaryl/α,β-unsaturated/α-hetero) is 1. The largest absolute Gasteiger partial charge is 0.492 e. The van der Waals surface area contributed by atoms with Gasteiger partial charge in [-0.3, -0.25) is 9.59 Å². The number of rotatable bonds is 12. The predicted octanol–water partition coefficient (Wildman–Crippen LogP) is 5.10. The number of ether oxygens (including phenoxy) is 1. The molecule has 3 aromatic carbocycles. The number of pyridine rings is 1. The molecule has 0 fully saturated rings. The number of nitrogens with one attached hydrogen (secondary N) is 1. The van der Waals surface area contributed by atoms with Gasteiger partial charge in [0.25, 0.3) is 5.91 Å². The number of ketones is 1. The molecule has 10 heteroatoms. The summed E-state index contributed by atoms with van der Waals surface area (Å²) in [4.78, 5) is 31.2. The lowest BCUT2D eigenvalue weighted by atomic mass is 10.0. The minimum absolute atomic E-state index is 0.0613. The first-order chi connectivity index (χ1) is 20.8. The molecule has 0 atom stereocenters. The van der Waals surface area contributed by atoms with Crippen LogP contribution < -0.4 is 10.1 Å². The Morgan fingerprint density at radius 2 is 1.63 bits per heavy atom. The Hall–Kier alpha value is -5.09.